The topological polar surface area (TPSA) is 37.3 Å². The van der Waals surface area contributed by atoms with Crippen molar-refractivity contribution in [1.29, 1.82) is 0 Å². The van der Waals surface area contributed by atoms with E-state index < -0.39 is 6.43 Å². The summed E-state index contributed by atoms with van der Waals surface area (Å²) < 4.78 is 25.0. The van der Waals surface area contributed by atoms with E-state index in [1.807, 2.05) is 18.2 Å². The molecular weight excluding hydrogens is 388 g/mol. The molecule has 0 aliphatic heterocycles. The zero-order chi connectivity index (χ0) is 20.8. The number of hydrogen-bond donors (Lipinski definition) is 1. The first-order valence-electron chi connectivity index (χ1n) is 8.96. The predicted molar refractivity (Wildman–Crippen MR) is 122 cm³/mol. The molecule has 0 fully saturated rings. The van der Waals surface area contributed by atoms with Gasteiger partial charge in [0.1, 0.15) is 5.82 Å². The van der Waals surface area contributed by atoms with Crippen LogP contribution in [0.4, 0.5) is 14.6 Å². The van der Waals surface area contributed by atoms with Crippen LogP contribution in [0.3, 0.4) is 0 Å². The van der Waals surface area contributed by atoms with E-state index in [9.17, 15) is 8.78 Å². The summed E-state index contributed by atoms with van der Waals surface area (Å²) in [5, 5.41) is 5.23. The summed E-state index contributed by atoms with van der Waals surface area (Å²) >= 11 is 1.48. The first-order chi connectivity index (χ1) is 14.0. The summed E-state index contributed by atoms with van der Waals surface area (Å²) in [5.74, 6) is 0.657. The number of nitrogens with one attached hydrogen (secondary N) is 1. The molecule has 0 spiro atoms. The van der Waals surface area contributed by atoms with Crippen LogP contribution in [0.5, 0.6) is 0 Å². The third kappa shape index (κ3) is 5.51. The van der Waals surface area contributed by atoms with E-state index in [1.165, 1.54) is 11.8 Å². The quantitative estimate of drug-likeness (QED) is 0.341. The van der Waals surface area contributed by atoms with Gasteiger partial charge in [-0.3, -0.25) is 4.99 Å². The number of halogens is 2. The molecule has 1 N–H and O–H groups in total. The maximum atomic E-state index is 12.5. The highest BCUT2D eigenvalue weighted by atomic mass is 32.2. The van der Waals surface area contributed by atoms with Crippen LogP contribution >= 0.6 is 11.8 Å². The van der Waals surface area contributed by atoms with Crippen molar-refractivity contribution in [3.63, 3.8) is 0 Å². The van der Waals surface area contributed by atoms with E-state index in [0.717, 1.165) is 26.8 Å². The molecule has 0 aliphatic rings. The number of aromatic nitrogens is 1. The summed E-state index contributed by atoms with van der Waals surface area (Å²) in [4.78, 5) is 9.32. The molecule has 3 rings (SSSR count). The Balaban J connectivity index is 1.77. The van der Waals surface area contributed by atoms with Crippen LogP contribution in [-0.4, -0.2) is 24.0 Å². The van der Waals surface area contributed by atoms with Crippen LogP contribution in [0.15, 0.2) is 72.9 Å². The Labute approximate surface area is 173 Å². The van der Waals surface area contributed by atoms with E-state index in [0.29, 0.717) is 17.1 Å². The smallest absolute Gasteiger partial charge is 0.242 e. The van der Waals surface area contributed by atoms with Crippen molar-refractivity contribution in [2.45, 2.75) is 12.8 Å². The second kappa shape index (κ2) is 9.47. The Morgan fingerprint density at radius 3 is 2.52 bits per heavy atom. The fraction of sp³-hybridized carbons (Fsp3) is 0.130. The first kappa shape index (κ1) is 20.7. The largest absolute Gasteiger partial charge is 0.340 e. The van der Waals surface area contributed by atoms with Crippen LogP contribution in [0.25, 0.3) is 21.4 Å². The molecule has 0 amide bonds. The zero-order valence-corrected chi connectivity index (χ0v) is 16.8. The standard InChI is InChI=1S/C23H21F2N3S/c1-15(18-6-4-17(5-7-18)10-22(24)25)28-23-12-21-11-19(16(2)29-14-26-3)8-9-20(21)13-27-23/h4-9,11-14,22H,1-2,10H2,3H3,(H,27,28). The van der Waals surface area contributed by atoms with Crippen molar-refractivity contribution in [1.82, 2.24) is 4.98 Å². The molecule has 1 heterocycles. The van der Waals surface area contributed by atoms with Gasteiger partial charge in [0, 0.05) is 35.7 Å². The number of rotatable bonds is 8. The molecule has 0 unspecified atom stereocenters. The maximum Gasteiger partial charge on any atom is 0.242 e. The molecule has 6 heteroatoms. The molecule has 0 saturated heterocycles. The highest BCUT2D eigenvalue weighted by Crippen LogP contribution is 2.28. The Hall–Kier alpha value is -2.99. The number of alkyl halides is 2. The van der Waals surface area contributed by atoms with E-state index in [4.69, 9.17) is 0 Å². The summed E-state index contributed by atoms with van der Waals surface area (Å²) in [6.07, 6.45) is -0.802. The van der Waals surface area contributed by atoms with Gasteiger partial charge in [-0.05, 0) is 34.2 Å². The number of hydrogen-bond acceptors (Lipinski definition) is 4. The van der Waals surface area contributed by atoms with Crippen LogP contribution in [-0.2, 0) is 6.42 Å². The number of pyridine rings is 1. The molecule has 0 aliphatic carbocycles. The van der Waals surface area contributed by atoms with Gasteiger partial charge in [0.15, 0.2) is 0 Å². The Kier molecular flexibility index (Phi) is 6.77. The summed E-state index contributed by atoms with van der Waals surface area (Å²) in [6, 6.07) is 15.0. The number of benzene rings is 2. The third-order valence-corrected chi connectivity index (χ3v) is 5.15. The highest BCUT2D eigenvalue weighted by molar-refractivity contribution is 8.20. The molecule has 3 aromatic rings. The van der Waals surface area contributed by atoms with Gasteiger partial charge in [0.2, 0.25) is 6.43 Å². The minimum absolute atomic E-state index is 0.248. The minimum atomic E-state index is -2.35. The van der Waals surface area contributed by atoms with Crippen molar-refractivity contribution >= 4 is 44.5 Å². The number of aliphatic imine (C=N–C) groups is 1. The van der Waals surface area contributed by atoms with Gasteiger partial charge in [0.25, 0.3) is 0 Å². The molecule has 2 aromatic carbocycles. The van der Waals surface area contributed by atoms with E-state index >= 15 is 0 Å². The molecule has 0 bridgehead atoms. The lowest BCUT2D eigenvalue weighted by molar-refractivity contribution is 0.149. The Morgan fingerprint density at radius 2 is 1.83 bits per heavy atom. The number of thioether (sulfide) groups is 1. The van der Waals surface area contributed by atoms with Gasteiger partial charge >= 0.3 is 0 Å². The van der Waals surface area contributed by atoms with Gasteiger partial charge < -0.3 is 5.32 Å². The number of nitrogens with zero attached hydrogens (tertiary/aromatic N) is 2. The van der Waals surface area contributed by atoms with Crippen molar-refractivity contribution in [3.05, 3.63) is 84.6 Å². The highest BCUT2D eigenvalue weighted by Gasteiger charge is 2.07. The molecule has 148 valence electrons. The third-order valence-electron chi connectivity index (χ3n) is 4.32. The molecular formula is C23H21F2N3S. The average Bonchev–Trinajstić information content (AvgIpc) is 2.71. The SMILES string of the molecule is C=C(Nc1cc2cc(C(=C)SC=NC)ccc2cn1)c1ccc(CC(F)F)cc1. The molecule has 0 saturated carbocycles. The second-order valence-corrected chi connectivity index (χ2v) is 7.37. The molecule has 0 atom stereocenters. The van der Waals surface area contributed by atoms with E-state index in [1.54, 1.807) is 43.1 Å². The fourth-order valence-corrected chi connectivity index (χ4v) is 3.31. The van der Waals surface area contributed by atoms with Gasteiger partial charge in [-0.15, -0.1) is 0 Å². The van der Waals surface area contributed by atoms with Crippen LogP contribution in [0.1, 0.15) is 16.7 Å². The zero-order valence-electron chi connectivity index (χ0n) is 16.0. The summed E-state index contributed by atoms with van der Waals surface area (Å²) in [7, 11) is 1.73. The lowest BCUT2D eigenvalue weighted by Crippen LogP contribution is -2.01. The fourth-order valence-electron chi connectivity index (χ4n) is 2.81. The van der Waals surface area contributed by atoms with Crippen LogP contribution < -0.4 is 5.32 Å². The predicted octanol–water partition coefficient (Wildman–Crippen LogP) is 6.49. The van der Waals surface area contributed by atoms with Gasteiger partial charge in [-0.25, -0.2) is 13.8 Å². The lowest BCUT2D eigenvalue weighted by atomic mass is 10.1. The molecule has 1 aromatic heterocycles. The van der Waals surface area contributed by atoms with Gasteiger partial charge in [-0.2, -0.15) is 0 Å². The number of fused-ring (bicyclic) bond motifs is 1. The van der Waals surface area contributed by atoms with Crippen molar-refractivity contribution in [2.24, 2.45) is 4.99 Å². The lowest BCUT2D eigenvalue weighted by Gasteiger charge is -2.11. The summed E-state index contributed by atoms with van der Waals surface area (Å²) in [5.41, 5.74) is 4.84. The summed E-state index contributed by atoms with van der Waals surface area (Å²) in [6.45, 7) is 8.12. The van der Waals surface area contributed by atoms with E-state index in [-0.39, 0.29) is 6.42 Å². The van der Waals surface area contributed by atoms with Crippen molar-refractivity contribution in [2.75, 3.05) is 12.4 Å². The minimum Gasteiger partial charge on any atom is -0.340 e. The Morgan fingerprint density at radius 1 is 1.10 bits per heavy atom. The van der Waals surface area contributed by atoms with Crippen LogP contribution in [0.2, 0.25) is 0 Å². The number of anilines is 1. The molecule has 0 radical (unpaired) electrons. The maximum absolute atomic E-state index is 12.5. The molecule has 3 nitrogen and oxygen atoms in total. The normalized spacial score (nSPS) is 11.3. The molecule has 29 heavy (non-hydrogen) atoms. The van der Waals surface area contributed by atoms with Gasteiger partial charge in [-0.1, -0.05) is 61.3 Å². The second-order valence-electron chi connectivity index (χ2n) is 6.43. The average molecular weight is 410 g/mol. The monoisotopic (exact) mass is 409 g/mol. The van der Waals surface area contributed by atoms with Gasteiger partial charge in [0.05, 0.1) is 5.55 Å². The first-order valence-corrected chi connectivity index (χ1v) is 9.84. The van der Waals surface area contributed by atoms with E-state index in [2.05, 4.69) is 34.5 Å². The van der Waals surface area contributed by atoms with Crippen LogP contribution in [0, 0.1) is 0 Å². The van der Waals surface area contributed by atoms with Crippen molar-refractivity contribution in [3.8, 4) is 0 Å². The van der Waals surface area contributed by atoms with Crippen molar-refractivity contribution < 1.29 is 8.78 Å². The Bertz CT molecular complexity index is 1060.